The Morgan fingerprint density at radius 2 is 2.25 bits per heavy atom. The summed E-state index contributed by atoms with van der Waals surface area (Å²) in [4.78, 5) is 17.6. The number of rotatable bonds is 3. The Hall–Kier alpha value is -1.78. The van der Waals surface area contributed by atoms with Gasteiger partial charge in [0.05, 0.1) is 12.8 Å². The van der Waals surface area contributed by atoms with Crippen molar-refractivity contribution in [3.05, 3.63) is 17.8 Å². The van der Waals surface area contributed by atoms with Crippen molar-refractivity contribution >= 4 is 17.5 Å². The lowest BCUT2D eigenvalue weighted by atomic mass is 10.3. The molecular formula is C11H15N3O2. The van der Waals surface area contributed by atoms with Gasteiger partial charge in [-0.2, -0.15) is 0 Å². The predicted molar refractivity (Wildman–Crippen MR) is 61.4 cm³/mol. The molecule has 2 rings (SSSR count). The Labute approximate surface area is 94.2 Å². The second-order valence-corrected chi connectivity index (χ2v) is 3.94. The van der Waals surface area contributed by atoms with Crippen molar-refractivity contribution in [2.24, 2.45) is 0 Å². The van der Waals surface area contributed by atoms with E-state index in [2.05, 4.69) is 9.72 Å². The quantitative estimate of drug-likeness (QED) is 0.772. The monoisotopic (exact) mass is 221 g/mol. The molecule has 1 aliphatic carbocycles. The summed E-state index contributed by atoms with van der Waals surface area (Å²) in [6.45, 7) is 0. The van der Waals surface area contributed by atoms with Gasteiger partial charge in [-0.15, -0.1) is 0 Å². The highest BCUT2D eigenvalue weighted by Gasteiger charge is 2.28. The van der Waals surface area contributed by atoms with Crippen LogP contribution in [0.2, 0.25) is 0 Å². The third kappa shape index (κ3) is 1.93. The average Bonchev–Trinajstić information content (AvgIpc) is 3.11. The van der Waals surface area contributed by atoms with Crippen molar-refractivity contribution in [3.8, 4) is 0 Å². The Morgan fingerprint density at radius 1 is 1.56 bits per heavy atom. The van der Waals surface area contributed by atoms with Crippen LogP contribution in [0, 0.1) is 0 Å². The van der Waals surface area contributed by atoms with Gasteiger partial charge in [-0.25, -0.2) is 9.78 Å². The Kier molecular flexibility index (Phi) is 2.68. The molecule has 0 atom stereocenters. The fraction of sp³-hybridized carbons (Fsp3) is 0.455. The zero-order valence-corrected chi connectivity index (χ0v) is 9.43. The molecule has 1 saturated carbocycles. The number of ether oxygens (including phenoxy) is 1. The summed E-state index contributed by atoms with van der Waals surface area (Å²) in [6, 6.07) is 3.77. The molecule has 1 aromatic rings. The SMILES string of the molecule is COC(=O)c1ccc(N)c(N(C)C2CC2)n1. The molecule has 0 radical (unpaired) electrons. The van der Waals surface area contributed by atoms with Gasteiger partial charge >= 0.3 is 5.97 Å². The molecule has 0 saturated heterocycles. The van der Waals surface area contributed by atoms with E-state index in [1.165, 1.54) is 7.11 Å². The first-order valence-electron chi connectivity index (χ1n) is 5.21. The maximum absolute atomic E-state index is 11.3. The van der Waals surface area contributed by atoms with Crippen molar-refractivity contribution in [1.82, 2.24) is 4.98 Å². The van der Waals surface area contributed by atoms with Gasteiger partial charge < -0.3 is 15.4 Å². The predicted octanol–water partition coefficient (Wildman–Crippen LogP) is 1.05. The minimum atomic E-state index is -0.439. The number of nitrogens with two attached hydrogens (primary N) is 1. The standard InChI is InChI=1S/C11H15N3O2/c1-14(7-3-4-7)10-8(12)5-6-9(13-10)11(15)16-2/h5-7H,3-4,12H2,1-2H3. The van der Waals surface area contributed by atoms with Crippen molar-refractivity contribution in [2.45, 2.75) is 18.9 Å². The van der Waals surface area contributed by atoms with E-state index in [1.54, 1.807) is 12.1 Å². The molecule has 0 aromatic carbocycles. The molecule has 0 unspecified atom stereocenters. The number of anilines is 2. The Morgan fingerprint density at radius 3 is 2.81 bits per heavy atom. The molecular weight excluding hydrogens is 206 g/mol. The fourth-order valence-electron chi connectivity index (χ4n) is 1.59. The van der Waals surface area contributed by atoms with Crippen molar-refractivity contribution in [2.75, 3.05) is 24.8 Å². The zero-order valence-electron chi connectivity index (χ0n) is 9.43. The second-order valence-electron chi connectivity index (χ2n) is 3.94. The summed E-state index contributed by atoms with van der Waals surface area (Å²) in [5.41, 5.74) is 6.72. The molecule has 0 bridgehead atoms. The van der Waals surface area contributed by atoms with Crippen molar-refractivity contribution < 1.29 is 9.53 Å². The van der Waals surface area contributed by atoms with E-state index in [-0.39, 0.29) is 0 Å². The molecule has 16 heavy (non-hydrogen) atoms. The van der Waals surface area contributed by atoms with Crippen LogP contribution in [0.15, 0.2) is 12.1 Å². The number of nitrogens with zero attached hydrogens (tertiary/aromatic N) is 2. The van der Waals surface area contributed by atoms with E-state index in [0.29, 0.717) is 23.2 Å². The summed E-state index contributed by atoms with van der Waals surface area (Å²) < 4.78 is 4.63. The molecule has 0 spiro atoms. The molecule has 1 aliphatic rings. The van der Waals surface area contributed by atoms with Gasteiger partial charge in [0.1, 0.15) is 0 Å². The fourth-order valence-corrected chi connectivity index (χ4v) is 1.59. The Bertz CT molecular complexity index is 416. The Balaban J connectivity index is 2.31. The van der Waals surface area contributed by atoms with Gasteiger partial charge in [0.15, 0.2) is 11.5 Å². The van der Waals surface area contributed by atoms with Crippen molar-refractivity contribution in [3.63, 3.8) is 0 Å². The summed E-state index contributed by atoms with van der Waals surface area (Å²) in [5, 5.41) is 0. The van der Waals surface area contributed by atoms with Crippen LogP contribution in [0.25, 0.3) is 0 Å². The molecule has 2 N–H and O–H groups in total. The van der Waals surface area contributed by atoms with Gasteiger partial charge in [-0.3, -0.25) is 0 Å². The number of esters is 1. The van der Waals surface area contributed by atoms with E-state index in [4.69, 9.17) is 5.73 Å². The van der Waals surface area contributed by atoms with E-state index >= 15 is 0 Å². The molecule has 0 amide bonds. The highest BCUT2D eigenvalue weighted by Crippen LogP contribution is 2.32. The van der Waals surface area contributed by atoms with Crippen LogP contribution in [0.1, 0.15) is 23.3 Å². The first kappa shape index (κ1) is 10.7. The number of pyridine rings is 1. The third-order valence-corrected chi connectivity index (χ3v) is 2.73. The van der Waals surface area contributed by atoms with Crippen LogP contribution >= 0.6 is 0 Å². The molecule has 1 fully saturated rings. The van der Waals surface area contributed by atoms with E-state index < -0.39 is 5.97 Å². The second kappa shape index (κ2) is 4.00. The lowest BCUT2D eigenvalue weighted by Gasteiger charge is -2.19. The van der Waals surface area contributed by atoms with Gasteiger partial charge in [-0.1, -0.05) is 0 Å². The van der Waals surface area contributed by atoms with Gasteiger partial charge in [0.25, 0.3) is 0 Å². The maximum Gasteiger partial charge on any atom is 0.356 e. The number of carbonyl (C=O) groups is 1. The number of hydrogen-bond donors (Lipinski definition) is 1. The van der Waals surface area contributed by atoms with E-state index in [1.807, 2.05) is 11.9 Å². The largest absolute Gasteiger partial charge is 0.464 e. The molecule has 0 aliphatic heterocycles. The van der Waals surface area contributed by atoms with E-state index in [9.17, 15) is 4.79 Å². The minimum absolute atomic E-state index is 0.291. The first-order chi connectivity index (χ1) is 7.63. The summed E-state index contributed by atoms with van der Waals surface area (Å²) in [5.74, 6) is 0.218. The maximum atomic E-state index is 11.3. The molecule has 5 heteroatoms. The normalized spacial score (nSPS) is 14.6. The molecule has 1 heterocycles. The number of hydrogen-bond acceptors (Lipinski definition) is 5. The van der Waals surface area contributed by atoms with Gasteiger partial charge in [0.2, 0.25) is 0 Å². The lowest BCUT2D eigenvalue weighted by molar-refractivity contribution is 0.0594. The molecule has 5 nitrogen and oxygen atoms in total. The van der Waals surface area contributed by atoms with Crippen LogP contribution in [0.4, 0.5) is 11.5 Å². The number of methoxy groups -OCH3 is 1. The smallest absolute Gasteiger partial charge is 0.356 e. The van der Waals surface area contributed by atoms with Crippen LogP contribution in [0.3, 0.4) is 0 Å². The minimum Gasteiger partial charge on any atom is -0.464 e. The van der Waals surface area contributed by atoms with Crippen molar-refractivity contribution in [1.29, 1.82) is 0 Å². The number of aromatic nitrogens is 1. The topological polar surface area (TPSA) is 68.5 Å². The molecule has 86 valence electrons. The molecule has 1 aromatic heterocycles. The third-order valence-electron chi connectivity index (χ3n) is 2.73. The van der Waals surface area contributed by atoms with Crippen LogP contribution in [-0.4, -0.2) is 31.2 Å². The zero-order chi connectivity index (χ0) is 11.7. The van der Waals surface area contributed by atoms with Crippen LogP contribution < -0.4 is 10.6 Å². The number of nitrogen functional groups attached to an aromatic ring is 1. The van der Waals surface area contributed by atoms with Gasteiger partial charge in [-0.05, 0) is 25.0 Å². The van der Waals surface area contributed by atoms with Crippen LogP contribution in [-0.2, 0) is 4.74 Å². The highest BCUT2D eigenvalue weighted by atomic mass is 16.5. The average molecular weight is 221 g/mol. The summed E-state index contributed by atoms with van der Waals surface area (Å²) in [7, 11) is 3.28. The first-order valence-corrected chi connectivity index (χ1v) is 5.21. The summed E-state index contributed by atoms with van der Waals surface area (Å²) >= 11 is 0. The highest BCUT2D eigenvalue weighted by molar-refractivity contribution is 5.88. The van der Waals surface area contributed by atoms with Gasteiger partial charge in [0, 0.05) is 13.1 Å². The number of carbonyl (C=O) groups excluding carboxylic acids is 1. The van der Waals surface area contributed by atoms with E-state index in [0.717, 1.165) is 12.8 Å². The van der Waals surface area contributed by atoms with Crippen LogP contribution in [0.5, 0.6) is 0 Å². The lowest BCUT2D eigenvalue weighted by Crippen LogP contribution is -2.23. The summed E-state index contributed by atoms with van der Waals surface area (Å²) in [6.07, 6.45) is 2.31.